The van der Waals surface area contributed by atoms with Crippen molar-refractivity contribution in [2.24, 2.45) is 0 Å². The van der Waals surface area contributed by atoms with E-state index in [4.69, 9.17) is 0 Å². The number of aromatic nitrogens is 2. The van der Waals surface area contributed by atoms with Crippen LogP contribution in [-0.4, -0.2) is 15.7 Å². The first-order chi connectivity index (χ1) is 10.1. The molecule has 0 saturated carbocycles. The fourth-order valence-corrected chi connectivity index (χ4v) is 2.22. The lowest BCUT2D eigenvalue weighted by Crippen LogP contribution is -2.26. The summed E-state index contributed by atoms with van der Waals surface area (Å²) in [5, 5.41) is 22.8. The number of carbonyl (C=O) groups excluding carboxylic acids is 1. The minimum Gasteiger partial charge on any atom is -0.711 e. The Kier molecular flexibility index (Phi) is 2.87. The first-order valence-corrected chi connectivity index (χ1v) is 6.07. The minimum atomic E-state index is -0.613. The first kappa shape index (κ1) is 12.8. The van der Waals surface area contributed by atoms with Gasteiger partial charge in [-0.15, -0.1) is 0 Å². The molecule has 0 saturated heterocycles. The summed E-state index contributed by atoms with van der Waals surface area (Å²) in [7, 11) is 0. The van der Waals surface area contributed by atoms with E-state index >= 15 is 0 Å². The number of pyridine rings is 1. The van der Waals surface area contributed by atoms with Gasteiger partial charge in [-0.3, -0.25) is 14.9 Å². The van der Waals surface area contributed by atoms with Gasteiger partial charge in [0.15, 0.2) is 11.2 Å². The summed E-state index contributed by atoms with van der Waals surface area (Å²) in [6.45, 7) is 0. The molecule has 0 bridgehead atoms. The Morgan fingerprint density at radius 2 is 1.90 bits per heavy atom. The number of nitrogens with zero attached hydrogens (tertiary/aromatic N) is 2. The number of nitrogens with one attached hydrogen (secondary N) is 1. The summed E-state index contributed by atoms with van der Waals surface area (Å²) >= 11 is 0. The quantitative estimate of drug-likeness (QED) is 0.261. The number of benzene rings is 1. The summed E-state index contributed by atoms with van der Waals surface area (Å²) in [6, 6.07) is 9.47. The van der Waals surface area contributed by atoms with E-state index in [9.17, 15) is 20.1 Å². The largest absolute Gasteiger partial charge is 0.711 e. The molecule has 7 nitrogen and oxygen atoms in total. The Bertz CT molecular complexity index is 855. The minimum absolute atomic E-state index is 0.0107. The summed E-state index contributed by atoms with van der Waals surface area (Å²) in [4.78, 5) is 25.6. The fraction of sp³-hybridized carbons (Fsp3) is 0. The van der Waals surface area contributed by atoms with Gasteiger partial charge in [-0.25, -0.2) is 9.71 Å². The highest BCUT2D eigenvalue weighted by Gasteiger charge is 2.26. The lowest BCUT2D eigenvalue weighted by molar-refractivity contribution is -0.579. The maximum Gasteiger partial charge on any atom is 0.297 e. The number of rotatable bonds is 3. The van der Waals surface area contributed by atoms with Gasteiger partial charge in [-0.05, 0) is 0 Å². The third-order valence-electron chi connectivity index (χ3n) is 3.18. The highest BCUT2D eigenvalue weighted by molar-refractivity contribution is 6.17. The summed E-state index contributed by atoms with van der Waals surface area (Å²) in [5.41, 5.74) is 0.211. The number of fused-ring (bicyclic) bond motifs is 1. The third kappa shape index (κ3) is 2.00. The van der Waals surface area contributed by atoms with Crippen LogP contribution in [0.1, 0.15) is 15.9 Å². The molecule has 0 atom stereocenters. The Balaban J connectivity index is 2.27. The second-order valence-electron chi connectivity index (χ2n) is 4.40. The molecule has 2 heterocycles. The molecule has 0 radical (unpaired) electrons. The van der Waals surface area contributed by atoms with Crippen LogP contribution in [-0.2, 0) is 0 Å². The SMILES string of the molecule is O=C(c1ccccc1)c1c[nH]c2c1c([N+](=O)[O-])cc[n+]2[O-]. The van der Waals surface area contributed by atoms with Crippen LogP contribution in [0.25, 0.3) is 11.0 Å². The number of ketones is 1. The van der Waals surface area contributed by atoms with Crippen molar-refractivity contribution in [3.8, 4) is 0 Å². The highest BCUT2D eigenvalue weighted by atomic mass is 16.6. The summed E-state index contributed by atoms with van der Waals surface area (Å²) in [5.74, 6) is -0.379. The zero-order valence-corrected chi connectivity index (χ0v) is 10.6. The monoisotopic (exact) mass is 283 g/mol. The van der Waals surface area contributed by atoms with E-state index in [1.807, 2.05) is 0 Å². The summed E-state index contributed by atoms with van der Waals surface area (Å²) < 4.78 is 0.462. The molecule has 7 heteroatoms. The van der Waals surface area contributed by atoms with Crippen molar-refractivity contribution in [2.75, 3.05) is 0 Å². The van der Waals surface area contributed by atoms with Crippen LogP contribution in [0.3, 0.4) is 0 Å². The molecule has 3 aromatic rings. The molecular formula is C14H9N3O4. The Labute approximate surface area is 118 Å². The molecule has 0 aliphatic heterocycles. The predicted molar refractivity (Wildman–Crippen MR) is 73.8 cm³/mol. The molecule has 1 N–H and O–H groups in total. The fourth-order valence-electron chi connectivity index (χ4n) is 2.22. The molecule has 0 spiro atoms. The molecule has 1 aromatic carbocycles. The Morgan fingerprint density at radius 1 is 1.19 bits per heavy atom. The van der Waals surface area contributed by atoms with Crippen LogP contribution in [0.5, 0.6) is 0 Å². The van der Waals surface area contributed by atoms with E-state index in [1.54, 1.807) is 30.3 Å². The number of hydrogen-bond donors (Lipinski definition) is 1. The molecular weight excluding hydrogens is 274 g/mol. The molecule has 0 aliphatic carbocycles. The maximum absolute atomic E-state index is 12.5. The molecule has 0 aliphatic rings. The maximum atomic E-state index is 12.5. The number of carbonyl (C=O) groups is 1. The lowest BCUT2D eigenvalue weighted by atomic mass is 10.0. The normalized spacial score (nSPS) is 10.7. The lowest BCUT2D eigenvalue weighted by Gasteiger charge is -2.03. The van der Waals surface area contributed by atoms with Gasteiger partial charge < -0.3 is 5.21 Å². The van der Waals surface area contributed by atoms with E-state index in [0.29, 0.717) is 10.3 Å². The molecule has 0 fully saturated rings. The number of aromatic amines is 1. The van der Waals surface area contributed by atoms with Crippen LogP contribution in [0.4, 0.5) is 5.69 Å². The molecule has 0 unspecified atom stereocenters. The Hall–Kier alpha value is -3.22. The van der Waals surface area contributed by atoms with Crippen molar-refractivity contribution >= 4 is 22.5 Å². The molecule has 2 aromatic heterocycles. The van der Waals surface area contributed by atoms with Gasteiger partial charge >= 0.3 is 0 Å². The Morgan fingerprint density at radius 3 is 2.57 bits per heavy atom. The average molecular weight is 283 g/mol. The second-order valence-corrected chi connectivity index (χ2v) is 4.40. The standard InChI is InChI=1S/C14H9N3O4/c18-13(9-4-2-1-3-5-9)10-8-15-14-12(10)11(17(20)21)6-7-16(14)19/h1-8,15H. The van der Waals surface area contributed by atoms with Gasteiger partial charge in [0.25, 0.3) is 11.3 Å². The van der Waals surface area contributed by atoms with E-state index in [2.05, 4.69) is 4.98 Å². The number of H-pyrrole nitrogens is 1. The van der Waals surface area contributed by atoms with Crippen LogP contribution in [0, 0.1) is 15.3 Å². The average Bonchev–Trinajstić information content (AvgIpc) is 2.93. The third-order valence-corrected chi connectivity index (χ3v) is 3.18. The number of hydrogen-bond acceptors (Lipinski definition) is 4. The van der Waals surface area contributed by atoms with Crippen LogP contribution in [0.2, 0.25) is 0 Å². The van der Waals surface area contributed by atoms with Gasteiger partial charge in [-0.2, -0.15) is 0 Å². The molecule has 0 amide bonds. The topological polar surface area (TPSA) is 103 Å². The predicted octanol–water partition coefficient (Wildman–Crippen LogP) is 1.94. The van der Waals surface area contributed by atoms with E-state index in [0.717, 1.165) is 12.3 Å². The smallest absolute Gasteiger partial charge is 0.297 e. The zero-order chi connectivity index (χ0) is 15.0. The van der Waals surface area contributed by atoms with Crippen molar-refractivity contribution in [1.29, 1.82) is 0 Å². The van der Waals surface area contributed by atoms with Crippen LogP contribution < -0.4 is 4.73 Å². The molecule has 21 heavy (non-hydrogen) atoms. The van der Waals surface area contributed by atoms with Gasteiger partial charge in [-0.1, -0.05) is 30.3 Å². The second kappa shape index (κ2) is 4.71. The van der Waals surface area contributed by atoms with Crippen molar-refractivity contribution in [1.82, 2.24) is 4.98 Å². The van der Waals surface area contributed by atoms with Crippen molar-refractivity contribution in [2.45, 2.75) is 0 Å². The van der Waals surface area contributed by atoms with Gasteiger partial charge in [0.05, 0.1) is 16.6 Å². The van der Waals surface area contributed by atoms with Gasteiger partial charge in [0, 0.05) is 5.56 Å². The van der Waals surface area contributed by atoms with Gasteiger partial charge in [0.2, 0.25) is 0 Å². The van der Waals surface area contributed by atoms with Crippen LogP contribution >= 0.6 is 0 Å². The van der Waals surface area contributed by atoms with E-state index < -0.39 is 4.92 Å². The van der Waals surface area contributed by atoms with E-state index in [-0.39, 0.29) is 28.1 Å². The van der Waals surface area contributed by atoms with Crippen molar-refractivity contribution in [3.63, 3.8) is 0 Å². The number of nitro groups is 1. The van der Waals surface area contributed by atoms with Crippen LogP contribution in [0.15, 0.2) is 48.8 Å². The summed E-state index contributed by atoms with van der Waals surface area (Å²) in [6.07, 6.45) is 2.36. The first-order valence-electron chi connectivity index (χ1n) is 6.07. The highest BCUT2D eigenvalue weighted by Crippen LogP contribution is 2.27. The van der Waals surface area contributed by atoms with Crippen molar-refractivity contribution in [3.05, 3.63) is 75.2 Å². The van der Waals surface area contributed by atoms with Crippen molar-refractivity contribution < 1.29 is 14.4 Å². The zero-order valence-electron chi connectivity index (χ0n) is 10.6. The molecule has 3 rings (SSSR count). The molecule has 104 valence electrons. The van der Waals surface area contributed by atoms with Gasteiger partial charge in [0.1, 0.15) is 12.4 Å². The van der Waals surface area contributed by atoms with E-state index in [1.165, 1.54) is 6.20 Å².